The summed E-state index contributed by atoms with van der Waals surface area (Å²) in [4.78, 5) is 15.6. The first kappa shape index (κ1) is 12.3. The number of halogens is 3. The Morgan fingerprint density at radius 3 is 2.33 bits per heavy atom. The van der Waals surface area contributed by atoms with Crippen molar-refractivity contribution in [1.82, 2.24) is 4.98 Å². The van der Waals surface area contributed by atoms with Gasteiger partial charge in [0.1, 0.15) is 0 Å². The average molecular weight is 251 g/mol. The van der Waals surface area contributed by atoms with E-state index in [1.807, 2.05) is 0 Å². The van der Waals surface area contributed by atoms with Crippen molar-refractivity contribution >= 4 is 5.78 Å². The molecule has 0 N–H and O–H groups in total. The number of hydrogen-bond acceptors (Lipinski definition) is 2. The molecule has 0 fully saturated rings. The van der Waals surface area contributed by atoms with E-state index in [2.05, 4.69) is 4.98 Å². The SMILES string of the molecule is O=C(c1ccccc1)c1cnccc1C(F)(F)F. The first-order valence-electron chi connectivity index (χ1n) is 5.11. The number of hydrogen-bond donors (Lipinski definition) is 0. The molecule has 5 heteroatoms. The second-order valence-corrected chi connectivity index (χ2v) is 3.61. The standard InChI is InChI=1S/C13H8F3NO/c14-13(15,16)11-6-7-17-8-10(11)12(18)9-4-2-1-3-5-9/h1-8H. The Hall–Kier alpha value is -2.17. The van der Waals surface area contributed by atoms with Crippen molar-refractivity contribution in [3.05, 3.63) is 65.5 Å². The Bertz CT molecular complexity index is 564. The zero-order valence-electron chi connectivity index (χ0n) is 9.11. The van der Waals surface area contributed by atoms with Gasteiger partial charge in [-0.1, -0.05) is 30.3 Å². The van der Waals surface area contributed by atoms with Gasteiger partial charge in [-0.3, -0.25) is 9.78 Å². The molecule has 92 valence electrons. The Morgan fingerprint density at radius 1 is 1.06 bits per heavy atom. The first-order valence-corrected chi connectivity index (χ1v) is 5.11. The molecule has 0 bridgehead atoms. The summed E-state index contributed by atoms with van der Waals surface area (Å²) in [5.41, 5.74) is -1.20. The van der Waals surface area contributed by atoms with Crippen molar-refractivity contribution < 1.29 is 18.0 Å². The van der Waals surface area contributed by atoms with E-state index in [4.69, 9.17) is 0 Å². The van der Waals surface area contributed by atoms with Gasteiger partial charge in [0.2, 0.25) is 0 Å². The second-order valence-electron chi connectivity index (χ2n) is 3.61. The number of ketones is 1. The number of rotatable bonds is 2. The van der Waals surface area contributed by atoms with Gasteiger partial charge in [0.05, 0.1) is 11.1 Å². The summed E-state index contributed by atoms with van der Waals surface area (Å²) < 4.78 is 38.2. The van der Waals surface area contributed by atoms with E-state index in [0.717, 1.165) is 18.5 Å². The molecule has 2 nitrogen and oxygen atoms in total. The third-order valence-corrected chi connectivity index (χ3v) is 2.41. The summed E-state index contributed by atoms with van der Waals surface area (Å²) in [5.74, 6) is -0.684. The predicted octanol–water partition coefficient (Wildman–Crippen LogP) is 3.33. The predicted molar refractivity (Wildman–Crippen MR) is 59.1 cm³/mol. The minimum atomic E-state index is -4.57. The fourth-order valence-corrected chi connectivity index (χ4v) is 1.57. The summed E-state index contributed by atoms with van der Waals surface area (Å²) >= 11 is 0. The van der Waals surface area contributed by atoms with Gasteiger partial charge < -0.3 is 0 Å². The van der Waals surface area contributed by atoms with Crippen LogP contribution in [0.15, 0.2) is 48.8 Å². The van der Waals surface area contributed by atoms with E-state index in [0.29, 0.717) is 0 Å². The molecule has 0 aliphatic carbocycles. The molecule has 0 aliphatic heterocycles. The van der Waals surface area contributed by atoms with Crippen LogP contribution >= 0.6 is 0 Å². The van der Waals surface area contributed by atoms with E-state index in [1.165, 1.54) is 12.1 Å². The van der Waals surface area contributed by atoms with Crippen molar-refractivity contribution in [1.29, 1.82) is 0 Å². The van der Waals surface area contributed by atoms with E-state index in [-0.39, 0.29) is 5.56 Å². The smallest absolute Gasteiger partial charge is 0.289 e. The highest BCUT2D eigenvalue weighted by atomic mass is 19.4. The number of nitrogens with zero attached hydrogens (tertiary/aromatic N) is 1. The van der Waals surface area contributed by atoms with Gasteiger partial charge in [0.25, 0.3) is 0 Å². The highest BCUT2D eigenvalue weighted by Gasteiger charge is 2.35. The van der Waals surface area contributed by atoms with Crippen molar-refractivity contribution in [2.45, 2.75) is 6.18 Å². The fraction of sp³-hybridized carbons (Fsp3) is 0.0769. The molecule has 1 aromatic carbocycles. The summed E-state index contributed by atoms with van der Waals surface area (Å²) in [6.45, 7) is 0. The van der Waals surface area contributed by atoms with Gasteiger partial charge in [0, 0.05) is 18.0 Å². The molecule has 0 aliphatic rings. The minimum absolute atomic E-state index is 0.205. The number of carbonyl (C=O) groups excluding carboxylic acids is 1. The quantitative estimate of drug-likeness (QED) is 0.766. The molecule has 2 aromatic rings. The first-order chi connectivity index (χ1) is 8.50. The molecule has 1 aromatic heterocycles. The summed E-state index contributed by atoms with van der Waals surface area (Å²) in [6, 6.07) is 8.61. The Labute approximate surface area is 101 Å². The van der Waals surface area contributed by atoms with Crippen LogP contribution in [0.25, 0.3) is 0 Å². The Kier molecular flexibility index (Phi) is 3.14. The van der Waals surface area contributed by atoms with Crippen LogP contribution in [0, 0.1) is 0 Å². The number of alkyl halides is 3. The van der Waals surface area contributed by atoms with Gasteiger partial charge in [-0.05, 0) is 6.07 Å². The van der Waals surface area contributed by atoms with E-state index in [9.17, 15) is 18.0 Å². The molecule has 1 heterocycles. The molecule has 18 heavy (non-hydrogen) atoms. The van der Waals surface area contributed by atoms with Crippen molar-refractivity contribution in [3.8, 4) is 0 Å². The lowest BCUT2D eigenvalue weighted by atomic mass is 10.0. The molecule has 0 saturated heterocycles. The molecule has 0 unspecified atom stereocenters. The molecule has 2 rings (SSSR count). The van der Waals surface area contributed by atoms with Gasteiger partial charge in [-0.15, -0.1) is 0 Å². The van der Waals surface area contributed by atoms with Crippen molar-refractivity contribution in [3.63, 3.8) is 0 Å². The third-order valence-electron chi connectivity index (χ3n) is 2.41. The maximum absolute atomic E-state index is 12.7. The van der Waals surface area contributed by atoms with E-state index >= 15 is 0 Å². The lowest BCUT2D eigenvalue weighted by molar-refractivity contribution is -0.137. The van der Waals surface area contributed by atoms with Crippen molar-refractivity contribution in [2.75, 3.05) is 0 Å². The molecule has 0 amide bonds. The van der Waals surface area contributed by atoms with Crippen LogP contribution in [0.4, 0.5) is 13.2 Å². The number of benzene rings is 1. The van der Waals surface area contributed by atoms with Crippen LogP contribution in [0.3, 0.4) is 0 Å². The average Bonchev–Trinajstić information content (AvgIpc) is 2.38. The largest absolute Gasteiger partial charge is 0.417 e. The molecule has 0 saturated carbocycles. The van der Waals surface area contributed by atoms with Gasteiger partial charge in [-0.25, -0.2) is 0 Å². The summed E-state index contributed by atoms with van der Waals surface area (Å²) in [6.07, 6.45) is -2.61. The third kappa shape index (κ3) is 2.40. The Morgan fingerprint density at radius 2 is 1.72 bits per heavy atom. The highest BCUT2D eigenvalue weighted by molar-refractivity contribution is 6.09. The Balaban J connectivity index is 2.50. The van der Waals surface area contributed by atoms with Crippen LogP contribution in [-0.4, -0.2) is 10.8 Å². The van der Waals surface area contributed by atoms with Gasteiger partial charge in [0.15, 0.2) is 5.78 Å². The maximum atomic E-state index is 12.7. The van der Waals surface area contributed by atoms with Crippen LogP contribution < -0.4 is 0 Å². The fourth-order valence-electron chi connectivity index (χ4n) is 1.57. The lowest BCUT2D eigenvalue weighted by Gasteiger charge is -2.11. The molecule has 0 atom stereocenters. The molecule has 0 spiro atoms. The topological polar surface area (TPSA) is 30.0 Å². The lowest BCUT2D eigenvalue weighted by Crippen LogP contribution is -2.14. The molecular weight excluding hydrogens is 243 g/mol. The summed E-state index contributed by atoms with van der Waals surface area (Å²) in [7, 11) is 0. The van der Waals surface area contributed by atoms with Gasteiger partial charge in [-0.2, -0.15) is 13.2 Å². The van der Waals surface area contributed by atoms with Crippen LogP contribution in [-0.2, 0) is 6.18 Å². The highest BCUT2D eigenvalue weighted by Crippen LogP contribution is 2.32. The number of aromatic nitrogens is 1. The monoisotopic (exact) mass is 251 g/mol. The normalized spacial score (nSPS) is 11.3. The zero-order chi connectivity index (χ0) is 13.2. The van der Waals surface area contributed by atoms with E-state index in [1.54, 1.807) is 18.2 Å². The van der Waals surface area contributed by atoms with Crippen molar-refractivity contribution in [2.24, 2.45) is 0 Å². The van der Waals surface area contributed by atoms with Crippen LogP contribution in [0.1, 0.15) is 21.5 Å². The van der Waals surface area contributed by atoms with Crippen LogP contribution in [0.5, 0.6) is 0 Å². The molecule has 0 radical (unpaired) electrons. The summed E-state index contributed by atoms with van der Waals surface area (Å²) in [5, 5.41) is 0. The van der Waals surface area contributed by atoms with Crippen LogP contribution in [0.2, 0.25) is 0 Å². The van der Waals surface area contributed by atoms with E-state index < -0.39 is 23.1 Å². The second kappa shape index (κ2) is 4.60. The molecular formula is C13H8F3NO. The zero-order valence-corrected chi connectivity index (χ0v) is 9.11. The maximum Gasteiger partial charge on any atom is 0.417 e. The minimum Gasteiger partial charge on any atom is -0.289 e. The number of carbonyl (C=O) groups is 1. The number of pyridine rings is 1. The van der Waals surface area contributed by atoms with Gasteiger partial charge >= 0.3 is 6.18 Å².